The van der Waals surface area contributed by atoms with E-state index < -0.39 is 0 Å². The standard InChI is InChI=1S/C17H21NO2/c1-3-19-16-9-11-17(12-10-16)20-14(2)13-18-15-7-5-4-6-8-15/h4-12,14,18H,3,13H2,1-2H3. The van der Waals surface area contributed by atoms with Crippen molar-refractivity contribution in [2.24, 2.45) is 0 Å². The van der Waals surface area contributed by atoms with Crippen molar-refractivity contribution in [3.63, 3.8) is 0 Å². The van der Waals surface area contributed by atoms with Crippen LogP contribution in [0.2, 0.25) is 0 Å². The highest BCUT2D eigenvalue weighted by Gasteiger charge is 2.04. The van der Waals surface area contributed by atoms with Crippen molar-refractivity contribution in [3.05, 3.63) is 54.6 Å². The first-order valence-corrected chi connectivity index (χ1v) is 6.96. The Kier molecular flexibility index (Phi) is 5.30. The van der Waals surface area contributed by atoms with Crippen molar-refractivity contribution in [2.45, 2.75) is 20.0 Å². The number of anilines is 1. The van der Waals surface area contributed by atoms with Crippen LogP contribution < -0.4 is 14.8 Å². The quantitative estimate of drug-likeness (QED) is 0.826. The Hall–Kier alpha value is -2.16. The molecule has 1 atom stereocenters. The number of hydrogen-bond donors (Lipinski definition) is 1. The fourth-order valence-corrected chi connectivity index (χ4v) is 1.87. The van der Waals surface area contributed by atoms with Gasteiger partial charge in [-0.3, -0.25) is 0 Å². The van der Waals surface area contributed by atoms with Crippen molar-refractivity contribution in [3.8, 4) is 11.5 Å². The van der Waals surface area contributed by atoms with Gasteiger partial charge in [0, 0.05) is 5.69 Å². The smallest absolute Gasteiger partial charge is 0.120 e. The van der Waals surface area contributed by atoms with E-state index in [1.165, 1.54) is 0 Å². The van der Waals surface area contributed by atoms with Crippen molar-refractivity contribution in [1.29, 1.82) is 0 Å². The lowest BCUT2D eigenvalue weighted by atomic mass is 10.3. The molecule has 0 bridgehead atoms. The van der Waals surface area contributed by atoms with Gasteiger partial charge in [-0.25, -0.2) is 0 Å². The summed E-state index contributed by atoms with van der Waals surface area (Å²) < 4.78 is 11.3. The van der Waals surface area contributed by atoms with E-state index in [4.69, 9.17) is 9.47 Å². The van der Waals surface area contributed by atoms with Crippen LogP contribution in [0, 0.1) is 0 Å². The Morgan fingerprint density at radius 3 is 2.25 bits per heavy atom. The van der Waals surface area contributed by atoms with E-state index in [1.807, 2.05) is 68.4 Å². The first-order valence-electron chi connectivity index (χ1n) is 6.96. The monoisotopic (exact) mass is 271 g/mol. The molecule has 0 aromatic heterocycles. The molecule has 0 aliphatic rings. The van der Waals surface area contributed by atoms with Crippen LogP contribution in [0.4, 0.5) is 5.69 Å². The fourth-order valence-electron chi connectivity index (χ4n) is 1.87. The van der Waals surface area contributed by atoms with Gasteiger partial charge in [-0.05, 0) is 50.2 Å². The van der Waals surface area contributed by atoms with E-state index in [-0.39, 0.29) is 6.10 Å². The first-order chi connectivity index (χ1) is 9.78. The van der Waals surface area contributed by atoms with Gasteiger partial charge in [0.25, 0.3) is 0 Å². The third kappa shape index (κ3) is 4.50. The molecule has 0 heterocycles. The average Bonchev–Trinajstić information content (AvgIpc) is 2.49. The number of ether oxygens (including phenoxy) is 2. The molecule has 1 unspecified atom stereocenters. The predicted octanol–water partition coefficient (Wildman–Crippen LogP) is 3.96. The van der Waals surface area contributed by atoms with E-state index in [0.717, 1.165) is 23.7 Å². The van der Waals surface area contributed by atoms with Gasteiger partial charge in [-0.2, -0.15) is 0 Å². The maximum absolute atomic E-state index is 5.85. The van der Waals surface area contributed by atoms with Gasteiger partial charge in [0.1, 0.15) is 17.6 Å². The van der Waals surface area contributed by atoms with Gasteiger partial charge < -0.3 is 14.8 Å². The zero-order valence-electron chi connectivity index (χ0n) is 12.0. The summed E-state index contributed by atoms with van der Waals surface area (Å²) in [7, 11) is 0. The van der Waals surface area contributed by atoms with Crippen LogP contribution in [0.1, 0.15) is 13.8 Å². The van der Waals surface area contributed by atoms with Crippen LogP contribution in [0.3, 0.4) is 0 Å². The third-order valence-electron chi connectivity index (χ3n) is 2.84. The van der Waals surface area contributed by atoms with Crippen molar-refractivity contribution < 1.29 is 9.47 Å². The highest BCUT2D eigenvalue weighted by Crippen LogP contribution is 2.18. The number of benzene rings is 2. The predicted molar refractivity (Wildman–Crippen MR) is 82.6 cm³/mol. The Morgan fingerprint density at radius 1 is 0.950 bits per heavy atom. The van der Waals surface area contributed by atoms with Crippen LogP contribution in [-0.4, -0.2) is 19.3 Å². The minimum absolute atomic E-state index is 0.0909. The summed E-state index contributed by atoms with van der Waals surface area (Å²) in [6.45, 7) is 5.46. The molecule has 3 heteroatoms. The molecule has 0 saturated carbocycles. The van der Waals surface area contributed by atoms with E-state index in [2.05, 4.69) is 5.32 Å². The molecule has 20 heavy (non-hydrogen) atoms. The van der Waals surface area contributed by atoms with Gasteiger partial charge in [0.2, 0.25) is 0 Å². The lowest BCUT2D eigenvalue weighted by Crippen LogP contribution is -2.22. The molecule has 0 amide bonds. The molecule has 0 fully saturated rings. The fraction of sp³-hybridized carbons (Fsp3) is 0.294. The molecule has 2 aromatic carbocycles. The van der Waals surface area contributed by atoms with Gasteiger partial charge in [-0.15, -0.1) is 0 Å². The number of para-hydroxylation sites is 1. The molecule has 106 valence electrons. The van der Waals surface area contributed by atoms with Crippen LogP contribution in [0.25, 0.3) is 0 Å². The van der Waals surface area contributed by atoms with Gasteiger partial charge in [0.05, 0.1) is 13.2 Å². The van der Waals surface area contributed by atoms with Crippen molar-refractivity contribution in [1.82, 2.24) is 0 Å². The SMILES string of the molecule is CCOc1ccc(OC(C)CNc2ccccc2)cc1. The Labute approximate surface area is 120 Å². The minimum Gasteiger partial charge on any atom is -0.494 e. The molecule has 0 spiro atoms. The summed E-state index contributed by atoms with van der Waals surface area (Å²) in [5, 5.41) is 3.35. The summed E-state index contributed by atoms with van der Waals surface area (Å²) in [6.07, 6.45) is 0.0909. The van der Waals surface area contributed by atoms with Crippen LogP contribution in [0.15, 0.2) is 54.6 Å². The summed E-state index contributed by atoms with van der Waals surface area (Å²) >= 11 is 0. The molecule has 3 nitrogen and oxygen atoms in total. The largest absolute Gasteiger partial charge is 0.494 e. The number of rotatable bonds is 7. The van der Waals surface area contributed by atoms with E-state index >= 15 is 0 Å². The highest BCUT2D eigenvalue weighted by atomic mass is 16.5. The Morgan fingerprint density at radius 2 is 1.60 bits per heavy atom. The second-order valence-corrected chi connectivity index (χ2v) is 4.58. The maximum Gasteiger partial charge on any atom is 0.120 e. The lowest BCUT2D eigenvalue weighted by Gasteiger charge is -2.16. The molecule has 2 aromatic rings. The molecule has 1 N–H and O–H groups in total. The normalized spacial score (nSPS) is 11.7. The third-order valence-corrected chi connectivity index (χ3v) is 2.84. The van der Waals surface area contributed by atoms with E-state index in [0.29, 0.717) is 6.61 Å². The molecule has 0 aliphatic heterocycles. The highest BCUT2D eigenvalue weighted by molar-refractivity contribution is 5.42. The Bertz CT molecular complexity index is 496. The summed E-state index contributed by atoms with van der Waals surface area (Å²) in [5.74, 6) is 1.73. The molecule has 0 saturated heterocycles. The van der Waals surface area contributed by atoms with Crippen molar-refractivity contribution >= 4 is 5.69 Å². The molecule has 2 rings (SSSR count). The summed E-state index contributed by atoms with van der Waals surface area (Å²) in [4.78, 5) is 0. The van der Waals surface area contributed by atoms with Gasteiger partial charge in [0.15, 0.2) is 0 Å². The van der Waals surface area contributed by atoms with E-state index in [9.17, 15) is 0 Å². The molecule has 0 aliphatic carbocycles. The van der Waals surface area contributed by atoms with Crippen molar-refractivity contribution in [2.75, 3.05) is 18.5 Å². The van der Waals surface area contributed by atoms with E-state index in [1.54, 1.807) is 0 Å². The second kappa shape index (κ2) is 7.43. The minimum atomic E-state index is 0.0909. The number of hydrogen-bond acceptors (Lipinski definition) is 3. The number of nitrogens with one attached hydrogen (secondary N) is 1. The molecular formula is C17H21NO2. The lowest BCUT2D eigenvalue weighted by molar-refractivity contribution is 0.234. The van der Waals surface area contributed by atoms with Crippen LogP contribution in [-0.2, 0) is 0 Å². The maximum atomic E-state index is 5.85. The van der Waals surface area contributed by atoms with Gasteiger partial charge in [-0.1, -0.05) is 18.2 Å². The summed E-state index contributed by atoms with van der Waals surface area (Å²) in [6, 6.07) is 17.8. The van der Waals surface area contributed by atoms with Crippen LogP contribution >= 0.6 is 0 Å². The summed E-state index contributed by atoms with van der Waals surface area (Å²) in [5.41, 5.74) is 1.11. The Balaban J connectivity index is 1.80. The zero-order chi connectivity index (χ0) is 14.2. The van der Waals surface area contributed by atoms with Gasteiger partial charge >= 0.3 is 0 Å². The second-order valence-electron chi connectivity index (χ2n) is 4.58. The van der Waals surface area contributed by atoms with Crippen LogP contribution in [0.5, 0.6) is 11.5 Å². The molecule has 0 radical (unpaired) electrons. The average molecular weight is 271 g/mol. The molecular weight excluding hydrogens is 250 g/mol. The first kappa shape index (κ1) is 14.3. The zero-order valence-corrected chi connectivity index (χ0v) is 12.0. The topological polar surface area (TPSA) is 30.5 Å².